The first kappa shape index (κ1) is 10.3. The molecule has 0 spiro atoms. The van der Waals surface area contributed by atoms with Gasteiger partial charge < -0.3 is 14.8 Å². The summed E-state index contributed by atoms with van der Waals surface area (Å²) in [6, 6.07) is 7.84. The molecule has 0 radical (unpaired) electrons. The van der Waals surface area contributed by atoms with Gasteiger partial charge in [-0.1, -0.05) is 12.1 Å². The van der Waals surface area contributed by atoms with E-state index in [1.165, 1.54) is 0 Å². The third-order valence-corrected chi connectivity index (χ3v) is 2.46. The van der Waals surface area contributed by atoms with Crippen molar-refractivity contribution in [2.75, 3.05) is 19.7 Å². The second kappa shape index (κ2) is 5.03. The van der Waals surface area contributed by atoms with Gasteiger partial charge in [0.05, 0.1) is 6.61 Å². The van der Waals surface area contributed by atoms with Gasteiger partial charge in [0.1, 0.15) is 6.10 Å². The van der Waals surface area contributed by atoms with Crippen LogP contribution in [-0.2, 0) is 0 Å². The molecule has 15 heavy (non-hydrogen) atoms. The van der Waals surface area contributed by atoms with Gasteiger partial charge in [-0.15, -0.1) is 0 Å². The third-order valence-electron chi connectivity index (χ3n) is 2.46. The number of hydrogen-bond acceptors (Lipinski definition) is 3. The minimum atomic E-state index is 0.284. The van der Waals surface area contributed by atoms with Crippen molar-refractivity contribution in [3.05, 3.63) is 24.3 Å². The fourth-order valence-electron chi connectivity index (χ4n) is 1.73. The summed E-state index contributed by atoms with van der Waals surface area (Å²) in [6.45, 7) is 4.62. The van der Waals surface area contributed by atoms with Gasteiger partial charge in [-0.3, -0.25) is 0 Å². The molecule has 3 heteroatoms. The minimum absolute atomic E-state index is 0.284. The number of ether oxygens (including phenoxy) is 2. The average molecular weight is 207 g/mol. The van der Waals surface area contributed by atoms with Crippen LogP contribution in [0.5, 0.6) is 11.5 Å². The highest BCUT2D eigenvalue weighted by atomic mass is 16.5. The van der Waals surface area contributed by atoms with Gasteiger partial charge in [0.15, 0.2) is 11.5 Å². The molecule has 0 saturated carbocycles. The van der Waals surface area contributed by atoms with Crippen LogP contribution in [-0.4, -0.2) is 25.8 Å². The van der Waals surface area contributed by atoms with Crippen LogP contribution in [0.1, 0.15) is 13.3 Å². The van der Waals surface area contributed by atoms with E-state index in [1.807, 2.05) is 31.2 Å². The molecule has 2 rings (SSSR count). The highest BCUT2D eigenvalue weighted by molar-refractivity contribution is 5.39. The van der Waals surface area contributed by atoms with Crippen LogP contribution in [0.3, 0.4) is 0 Å². The molecule has 1 aliphatic rings. The van der Waals surface area contributed by atoms with E-state index in [0.29, 0.717) is 6.61 Å². The van der Waals surface area contributed by atoms with Gasteiger partial charge in [-0.05, 0) is 32.0 Å². The molecule has 0 bridgehead atoms. The summed E-state index contributed by atoms with van der Waals surface area (Å²) in [4.78, 5) is 0. The molecule has 82 valence electrons. The Hall–Kier alpha value is -1.22. The average Bonchev–Trinajstić information content (AvgIpc) is 2.74. The largest absolute Gasteiger partial charge is 0.490 e. The molecule has 1 aliphatic heterocycles. The number of para-hydroxylation sites is 2. The topological polar surface area (TPSA) is 30.5 Å². The summed E-state index contributed by atoms with van der Waals surface area (Å²) >= 11 is 0. The Morgan fingerprint density at radius 2 is 2.13 bits per heavy atom. The van der Waals surface area contributed by atoms with E-state index in [2.05, 4.69) is 5.32 Å². The van der Waals surface area contributed by atoms with Crippen LogP contribution in [0.25, 0.3) is 0 Å². The lowest BCUT2D eigenvalue weighted by Crippen LogP contribution is -2.19. The number of rotatable bonds is 4. The fourth-order valence-corrected chi connectivity index (χ4v) is 1.73. The summed E-state index contributed by atoms with van der Waals surface area (Å²) in [5.74, 6) is 1.69. The highest BCUT2D eigenvalue weighted by Gasteiger charge is 2.17. The molecule has 1 saturated heterocycles. The van der Waals surface area contributed by atoms with Gasteiger partial charge in [0, 0.05) is 6.54 Å². The Bertz CT molecular complexity index is 308. The molecule has 0 amide bonds. The first-order chi connectivity index (χ1) is 7.40. The van der Waals surface area contributed by atoms with Crippen molar-refractivity contribution >= 4 is 0 Å². The molecule has 0 aromatic heterocycles. The molecule has 0 unspecified atom stereocenters. The quantitative estimate of drug-likeness (QED) is 0.817. The predicted molar refractivity (Wildman–Crippen MR) is 59.5 cm³/mol. The second-order valence-corrected chi connectivity index (χ2v) is 3.61. The van der Waals surface area contributed by atoms with Gasteiger partial charge in [-0.25, -0.2) is 0 Å². The summed E-state index contributed by atoms with van der Waals surface area (Å²) in [5, 5.41) is 3.28. The van der Waals surface area contributed by atoms with E-state index < -0.39 is 0 Å². The van der Waals surface area contributed by atoms with E-state index in [1.54, 1.807) is 0 Å². The zero-order valence-corrected chi connectivity index (χ0v) is 9.03. The van der Waals surface area contributed by atoms with E-state index in [4.69, 9.17) is 9.47 Å². The molecule has 0 aliphatic carbocycles. The lowest BCUT2D eigenvalue weighted by molar-refractivity contribution is 0.208. The summed E-state index contributed by atoms with van der Waals surface area (Å²) in [7, 11) is 0. The van der Waals surface area contributed by atoms with E-state index in [0.717, 1.165) is 31.0 Å². The summed E-state index contributed by atoms with van der Waals surface area (Å²) in [6.07, 6.45) is 1.35. The fraction of sp³-hybridized carbons (Fsp3) is 0.500. The van der Waals surface area contributed by atoms with Crippen molar-refractivity contribution in [2.45, 2.75) is 19.4 Å². The van der Waals surface area contributed by atoms with Gasteiger partial charge in [0.2, 0.25) is 0 Å². The molecule has 1 fully saturated rings. The first-order valence-electron chi connectivity index (χ1n) is 5.49. The SMILES string of the molecule is CCOc1ccccc1O[C@@H]1CCNC1. The molecule has 1 aromatic rings. The van der Waals surface area contributed by atoms with Crippen LogP contribution in [0, 0.1) is 0 Å². The molecular formula is C12H17NO2. The molecule has 1 atom stereocenters. The summed E-state index contributed by atoms with van der Waals surface area (Å²) < 4.78 is 11.4. The maximum absolute atomic E-state index is 5.87. The van der Waals surface area contributed by atoms with Crippen molar-refractivity contribution in [2.24, 2.45) is 0 Å². The van der Waals surface area contributed by atoms with Crippen molar-refractivity contribution < 1.29 is 9.47 Å². The monoisotopic (exact) mass is 207 g/mol. The standard InChI is InChI=1S/C12H17NO2/c1-2-14-11-5-3-4-6-12(11)15-10-7-8-13-9-10/h3-6,10,13H,2,7-9H2,1H3/t10-/m1/s1. The maximum Gasteiger partial charge on any atom is 0.161 e. The molecular weight excluding hydrogens is 190 g/mol. The van der Waals surface area contributed by atoms with Crippen LogP contribution in [0.2, 0.25) is 0 Å². The Morgan fingerprint density at radius 3 is 2.80 bits per heavy atom. The minimum Gasteiger partial charge on any atom is -0.490 e. The van der Waals surface area contributed by atoms with Crippen LogP contribution in [0.15, 0.2) is 24.3 Å². The van der Waals surface area contributed by atoms with E-state index >= 15 is 0 Å². The smallest absolute Gasteiger partial charge is 0.161 e. The normalized spacial score (nSPS) is 20.2. The molecule has 1 aromatic carbocycles. The predicted octanol–water partition coefficient (Wildman–Crippen LogP) is 1.83. The van der Waals surface area contributed by atoms with Crippen LogP contribution in [0.4, 0.5) is 0 Å². The van der Waals surface area contributed by atoms with Crippen molar-refractivity contribution in [1.82, 2.24) is 5.32 Å². The lowest BCUT2D eigenvalue weighted by Gasteiger charge is -2.15. The zero-order chi connectivity index (χ0) is 10.5. The number of nitrogens with one attached hydrogen (secondary N) is 1. The number of hydrogen-bond donors (Lipinski definition) is 1. The molecule has 3 nitrogen and oxygen atoms in total. The second-order valence-electron chi connectivity index (χ2n) is 3.61. The Labute approximate surface area is 90.4 Å². The zero-order valence-electron chi connectivity index (χ0n) is 9.03. The van der Waals surface area contributed by atoms with Crippen molar-refractivity contribution in [3.8, 4) is 11.5 Å². The lowest BCUT2D eigenvalue weighted by atomic mass is 10.3. The van der Waals surface area contributed by atoms with Gasteiger partial charge in [-0.2, -0.15) is 0 Å². The first-order valence-corrected chi connectivity index (χ1v) is 5.49. The maximum atomic E-state index is 5.87. The Kier molecular flexibility index (Phi) is 3.45. The summed E-state index contributed by atoms with van der Waals surface area (Å²) in [5.41, 5.74) is 0. The van der Waals surface area contributed by atoms with Crippen LogP contribution < -0.4 is 14.8 Å². The third kappa shape index (κ3) is 2.63. The van der Waals surface area contributed by atoms with Crippen LogP contribution >= 0.6 is 0 Å². The van der Waals surface area contributed by atoms with Gasteiger partial charge in [0.25, 0.3) is 0 Å². The highest BCUT2D eigenvalue weighted by Crippen LogP contribution is 2.28. The molecule has 1 N–H and O–H groups in total. The van der Waals surface area contributed by atoms with Gasteiger partial charge >= 0.3 is 0 Å². The van der Waals surface area contributed by atoms with E-state index in [9.17, 15) is 0 Å². The Balaban J connectivity index is 2.05. The molecule has 1 heterocycles. The number of benzene rings is 1. The van der Waals surface area contributed by atoms with Crippen molar-refractivity contribution in [1.29, 1.82) is 0 Å². The Morgan fingerprint density at radius 1 is 1.33 bits per heavy atom. The van der Waals surface area contributed by atoms with Crippen molar-refractivity contribution in [3.63, 3.8) is 0 Å². The van der Waals surface area contributed by atoms with E-state index in [-0.39, 0.29) is 6.10 Å².